The predicted molar refractivity (Wildman–Crippen MR) is 165 cm³/mol. The molecule has 0 spiro atoms. The van der Waals surface area contributed by atoms with E-state index >= 15 is 4.39 Å². The zero-order valence-electron chi connectivity index (χ0n) is 23.5. The summed E-state index contributed by atoms with van der Waals surface area (Å²) in [6, 6.07) is 13.1. The number of aryl methyl sites for hydroxylation is 1. The van der Waals surface area contributed by atoms with Crippen molar-refractivity contribution in [1.82, 2.24) is 19.9 Å². The predicted octanol–water partition coefficient (Wildman–Crippen LogP) is 4.37. The van der Waals surface area contributed by atoms with E-state index in [9.17, 15) is 4.79 Å². The number of H-pyrrole nitrogens is 1. The Labute approximate surface area is 244 Å². The van der Waals surface area contributed by atoms with Crippen molar-refractivity contribution in [3.05, 3.63) is 81.1 Å². The SMILES string of the molecule is CC[C@H](CCNCc1ccc(-n2cc3cc(-c4cc(CCC[C@H](C)N)cc(Cl)c4F)[nH]c3nc2=O)cc1)N=C(N)N. The van der Waals surface area contributed by atoms with E-state index in [0.29, 0.717) is 34.5 Å². The maximum Gasteiger partial charge on any atom is 0.354 e. The summed E-state index contributed by atoms with van der Waals surface area (Å²) in [5, 5.41) is 4.13. The Kier molecular flexibility index (Phi) is 10.1. The van der Waals surface area contributed by atoms with Crippen LogP contribution in [0.15, 0.2) is 58.4 Å². The van der Waals surface area contributed by atoms with Crippen LogP contribution in [0.25, 0.3) is 28.0 Å². The number of nitrogens with two attached hydrogens (primary N) is 3. The highest BCUT2D eigenvalue weighted by molar-refractivity contribution is 6.31. The lowest BCUT2D eigenvalue weighted by Gasteiger charge is -2.11. The molecule has 0 bridgehead atoms. The molecule has 4 aromatic rings. The largest absolute Gasteiger partial charge is 0.370 e. The molecule has 2 heterocycles. The Hall–Kier alpha value is -3.73. The molecule has 0 saturated heterocycles. The van der Waals surface area contributed by atoms with Gasteiger partial charge in [0.2, 0.25) is 0 Å². The molecule has 0 amide bonds. The minimum Gasteiger partial charge on any atom is -0.370 e. The first-order chi connectivity index (χ1) is 19.6. The van der Waals surface area contributed by atoms with E-state index in [1.807, 2.05) is 31.2 Å². The fourth-order valence-electron chi connectivity index (χ4n) is 4.78. The molecule has 0 aliphatic carbocycles. The van der Waals surface area contributed by atoms with Gasteiger partial charge in [0.25, 0.3) is 0 Å². The number of aliphatic imine (C=N–C) groups is 1. The van der Waals surface area contributed by atoms with Crippen LogP contribution < -0.4 is 28.2 Å². The number of halogens is 2. The third-order valence-electron chi connectivity index (χ3n) is 7.01. The molecule has 11 heteroatoms. The van der Waals surface area contributed by atoms with Crippen LogP contribution in [-0.4, -0.2) is 39.1 Å². The van der Waals surface area contributed by atoms with Crippen molar-refractivity contribution in [2.45, 2.75) is 64.6 Å². The zero-order chi connectivity index (χ0) is 29.5. The normalized spacial score (nSPS) is 12.9. The quantitative estimate of drug-likeness (QED) is 0.0898. The second-order valence-corrected chi connectivity index (χ2v) is 10.8. The third kappa shape index (κ3) is 7.93. The lowest BCUT2D eigenvalue weighted by Crippen LogP contribution is -2.27. The van der Waals surface area contributed by atoms with E-state index in [4.69, 9.17) is 28.8 Å². The van der Waals surface area contributed by atoms with Gasteiger partial charge in [-0.2, -0.15) is 4.98 Å². The van der Waals surface area contributed by atoms with E-state index in [-0.39, 0.29) is 23.1 Å². The molecule has 2 aromatic heterocycles. The number of rotatable bonds is 13. The summed E-state index contributed by atoms with van der Waals surface area (Å²) in [5.74, 6) is -0.407. The number of hydrogen-bond donors (Lipinski definition) is 5. The summed E-state index contributed by atoms with van der Waals surface area (Å²) in [5.41, 5.74) is 20.3. The summed E-state index contributed by atoms with van der Waals surface area (Å²) in [4.78, 5) is 24.4. The van der Waals surface area contributed by atoms with Gasteiger partial charge in [0.15, 0.2) is 11.8 Å². The van der Waals surface area contributed by atoms with Crippen molar-refractivity contribution < 1.29 is 4.39 Å². The summed E-state index contributed by atoms with van der Waals surface area (Å²) in [6.45, 7) is 5.46. The lowest BCUT2D eigenvalue weighted by molar-refractivity contribution is 0.550. The van der Waals surface area contributed by atoms with E-state index < -0.39 is 11.5 Å². The van der Waals surface area contributed by atoms with Crippen molar-refractivity contribution in [2.24, 2.45) is 22.2 Å². The number of benzene rings is 2. The van der Waals surface area contributed by atoms with Crippen LogP contribution in [0.3, 0.4) is 0 Å². The highest BCUT2D eigenvalue weighted by Crippen LogP contribution is 2.31. The maximum absolute atomic E-state index is 15.0. The molecule has 8 N–H and O–H groups in total. The second kappa shape index (κ2) is 13.8. The van der Waals surface area contributed by atoms with Gasteiger partial charge < -0.3 is 27.5 Å². The zero-order valence-corrected chi connectivity index (χ0v) is 24.2. The standard InChI is InChI=1S/C30H38ClFN8O/c1-3-22(37-29(34)35)11-12-36-16-19-7-9-23(10-8-19)40-17-21-15-26(38-28(21)39-30(40)41)24-13-20(6-4-5-18(2)33)14-25(31)27(24)32/h7-10,13-15,17-18,22,36H,3-6,11-12,16,33H2,1-2H3,(H4,34,35,37)(H,38,39,41)/t18-,22+/m0/s1. The van der Waals surface area contributed by atoms with Crippen molar-refractivity contribution in [2.75, 3.05) is 6.54 Å². The molecule has 0 radical (unpaired) electrons. The van der Waals surface area contributed by atoms with Crippen LogP contribution in [0, 0.1) is 5.82 Å². The number of aromatic nitrogens is 3. The Bertz CT molecular complexity index is 1560. The third-order valence-corrected chi connectivity index (χ3v) is 7.29. The molecule has 2 aromatic carbocycles. The fourth-order valence-corrected chi connectivity index (χ4v) is 5.03. The number of nitrogens with zero attached hydrogens (tertiary/aromatic N) is 3. The molecule has 218 valence electrons. The monoisotopic (exact) mass is 580 g/mol. The highest BCUT2D eigenvalue weighted by Gasteiger charge is 2.15. The minimum atomic E-state index is -0.518. The smallest absolute Gasteiger partial charge is 0.354 e. The Morgan fingerprint density at radius 1 is 1.17 bits per heavy atom. The first-order valence-electron chi connectivity index (χ1n) is 13.9. The van der Waals surface area contributed by atoms with Crippen LogP contribution in [0.1, 0.15) is 50.7 Å². The van der Waals surface area contributed by atoms with Crippen LogP contribution in [0.5, 0.6) is 0 Å². The number of fused-ring (bicyclic) bond motifs is 1. The Balaban J connectivity index is 1.49. The van der Waals surface area contributed by atoms with Crippen molar-refractivity contribution >= 4 is 28.6 Å². The maximum atomic E-state index is 15.0. The number of guanidine groups is 1. The van der Waals surface area contributed by atoms with Gasteiger partial charge in [-0.1, -0.05) is 30.7 Å². The molecule has 0 saturated carbocycles. The van der Waals surface area contributed by atoms with Crippen molar-refractivity contribution in [3.8, 4) is 16.9 Å². The average Bonchev–Trinajstić information content (AvgIpc) is 3.34. The molecule has 0 unspecified atom stereocenters. The molecule has 41 heavy (non-hydrogen) atoms. The summed E-state index contributed by atoms with van der Waals surface area (Å²) in [7, 11) is 0. The van der Waals surface area contributed by atoms with Gasteiger partial charge in [-0.25, -0.2) is 9.18 Å². The minimum absolute atomic E-state index is 0.0537. The molecule has 0 aliphatic rings. The van der Waals surface area contributed by atoms with Crippen molar-refractivity contribution in [1.29, 1.82) is 0 Å². The van der Waals surface area contributed by atoms with E-state index in [1.54, 1.807) is 24.4 Å². The summed E-state index contributed by atoms with van der Waals surface area (Å²) in [6.07, 6.45) is 5.89. The number of nitrogens with one attached hydrogen (secondary N) is 2. The number of hydrogen-bond acceptors (Lipinski definition) is 5. The van der Waals surface area contributed by atoms with Crippen LogP contribution in [-0.2, 0) is 13.0 Å². The summed E-state index contributed by atoms with van der Waals surface area (Å²) < 4.78 is 16.5. The average molecular weight is 581 g/mol. The highest BCUT2D eigenvalue weighted by atomic mass is 35.5. The Morgan fingerprint density at radius 2 is 1.93 bits per heavy atom. The van der Waals surface area contributed by atoms with Crippen LogP contribution >= 0.6 is 11.6 Å². The van der Waals surface area contributed by atoms with Crippen molar-refractivity contribution in [3.63, 3.8) is 0 Å². The van der Waals surface area contributed by atoms with E-state index in [2.05, 4.69) is 27.2 Å². The lowest BCUT2D eigenvalue weighted by atomic mass is 10.0. The Morgan fingerprint density at radius 3 is 2.61 bits per heavy atom. The first kappa shape index (κ1) is 30.2. The van der Waals surface area contributed by atoms with Gasteiger partial charge in [-0.05, 0) is 87.0 Å². The molecule has 9 nitrogen and oxygen atoms in total. The van der Waals surface area contributed by atoms with Gasteiger partial charge in [-0.3, -0.25) is 9.56 Å². The van der Waals surface area contributed by atoms with Gasteiger partial charge >= 0.3 is 5.69 Å². The van der Waals surface area contributed by atoms with Gasteiger partial charge in [0.1, 0.15) is 5.65 Å². The first-order valence-corrected chi connectivity index (χ1v) is 14.3. The van der Waals surface area contributed by atoms with Gasteiger partial charge in [-0.15, -0.1) is 0 Å². The molecule has 0 aliphatic heterocycles. The topological polar surface area (TPSA) is 153 Å². The number of aromatic amines is 1. The molecular formula is C30H38ClFN8O. The van der Waals surface area contributed by atoms with E-state index in [1.165, 1.54) is 4.57 Å². The molecule has 4 rings (SSSR count). The van der Waals surface area contributed by atoms with E-state index in [0.717, 1.165) is 49.8 Å². The molecule has 2 atom stereocenters. The fraction of sp³-hybridized carbons (Fsp3) is 0.367. The van der Waals surface area contributed by atoms with Gasteiger partial charge in [0, 0.05) is 29.7 Å². The molecule has 0 fully saturated rings. The molecular weight excluding hydrogens is 543 g/mol. The summed E-state index contributed by atoms with van der Waals surface area (Å²) >= 11 is 6.23. The van der Waals surface area contributed by atoms with Gasteiger partial charge in [0.05, 0.1) is 22.4 Å². The van der Waals surface area contributed by atoms with Crippen LogP contribution in [0.2, 0.25) is 5.02 Å². The van der Waals surface area contributed by atoms with Crippen LogP contribution in [0.4, 0.5) is 4.39 Å². The second-order valence-electron chi connectivity index (χ2n) is 10.4.